The van der Waals surface area contributed by atoms with Gasteiger partial charge in [0.25, 0.3) is 0 Å². The number of ether oxygens (including phenoxy) is 5. The maximum Gasteiger partial charge on any atom is 0.507 e. The number of hydrogen-bond donors (Lipinski definition) is 5. The lowest BCUT2D eigenvalue weighted by molar-refractivity contribution is -0.00996. The molecule has 0 saturated carbocycles. The first-order chi connectivity index (χ1) is 59.1. The molecule has 1 aromatic heterocycles. The smallest absolute Gasteiger partial charge is 0.448 e. The molecule has 5 N–H and O–H groups in total. The Morgan fingerprint density at radius 3 is 0.909 bits per heavy atom. The van der Waals surface area contributed by atoms with Crippen LogP contribution in [0.15, 0.2) is 18.7 Å². The zero-order valence-corrected chi connectivity index (χ0v) is 78.7. The molecule has 0 atom stereocenters. The third-order valence-electron chi connectivity index (χ3n) is 22.0. The number of imidazole rings is 1. The van der Waals surface area contributed by atoms with Crippen molar-refractivity contribution in [1.29, 1.82) is 0 Å². The monoisotopic (exact) mass is 1860 g/mol. The number of fused-ring (bicyclic) bond motifs is 36. The fourth-order valence-corrected chi connectivity index (χ4v) is 30.5. The molecule has 0 unspecified atom stereocenters. The van der Waals surface area contributed by atoms with E-state index in [2.05, 4.69) is 60.8 Å². The van der Waals surface area contributed by atoms with Crippen molar-refractivity contribution in [2.24, 2.45) is 5.92 Å². The quantitative estimate of drug-likeness (QED) is 0.0222. The molecule has 41 nitrogen and oxygen atoms in total. The van der Waals surface area contributed by atoms with Gasteiger partial charge in [0.2, 0.25) is 0 Å². The van der Waals surface area contributed by atoms with Gasteiger partial charge < -0.3 is 130 Å². The number of thiocarbonyl (C=S) groups is 1. The molecule has 4 amide bonds. The van der Waals surface area contributed by atoms with Crippen LogP contribution >= 0.6 is 24.0 Å². The zero-order valence-electron chi connectivity index (χ0n) is 71.1. The number of alkyl carbamates (subject to hydrolysis) is 3. The fraction of sp³-hybridized carbons (Fsp3) is 0.875. The Kier molecular flexibility index (Phi) is 45.5. The van der Waals surface area contributed by atoms with Gasteiger partial charge >= 0.3 is 83.3 Å². The van der Waals surface area contributed by atoms with E-state index in [0.717, 1.165) is 173 Å². The first kappa shape index (κ1) is 99.5. The summed E-state index contributed by atoms with van der Waals surface area (Å²) in [4.78, 5) is 77.6. The summed E-state index contributed by atoms with van der Waals surface area (Å²) in [7, 11) is -14.5. The molecule has 18 aliphatic heterocycles. The van der Waals surface area contributed by atoms with Gasteiger partial charge in [0, 0.05) is 219 Å². The molecule has 18 aliphatic rings. The van der Waals surface area contributed by atoms with Crippen LogP contribution < -0.4 is 26.6 Å². The molecule has 0 spiro atoms. The second-order valence-corrected chi connectivity index (χ2v) is 48.3. The summed E-state index contributed by atoms with van der Waals surface area (Å²) in [6.45, 7) is 29.4. The Bertz CT molecular complexity index is 2790. The summed E-state index contributed by atoms with van der Waals surface area (Å²) in [5.74, 6) is 0.588. The number of methoxy groups -OCH3 is 1. The number of amides is 4. The van der Waals surface area contributed by atoms with E-state index in [1.165, 1.54) is 18.0 Å². The van der Waals surface area contributed by atoms with Crippen LogP contribution in [0.5, 0.6) is 0 Å². The van der Waals surface area contributed by atoms with Crippen molar-refractivity contribution in [2.75, 3.05) is 309 Å². The van der Waals surface area contributed by atoms with Gasteiger partial charge in [-0.3, -0.25) is 34.0 Å². The van der Waals surface area contributed by atoms with E-state index in [1.54, 1.807) is 24.2 Å². The topological polar surface area (TPSA) is 395 Å². The number of nitrogens with one attached hydrogen (secondary N) is 5. The first-order valence-corrected chi connectivity index (χ1v) is 56.7. The number of carbonyl (C=O) groups is 5. The average molecular weight is 1860 g/mol. The molecule has 18 fully saturated rings. The van der Waals surface area contributed by atoms with Gasteiger partial charge in [-0.25, -0.2) is 29.0 Å². The maximum absolute atomic E-state index is 12.6. The fourth-order valence-electron chi connectivity index (χ4n) is 15.1. The SMILES string of the molecule is COC(=O)OCCC[Si]12OCCN(CCO1)CCO2.CSC(=S)NCCC[Si]12OCCN(CCO1)CCO2.O=C(NCCC[Si]12OCCC(CCO1)CCO2)OCCN(CCOC(=O)NCCC[Si]12OCCN(CCO1)CCO2)CCOC(=O)NCCC[Si]12OCCN(CCO1)CCO2.O=C(NCCC[Si]12OCCN(CCO1)CCO2)n1ccnc1. The molecule has 0 aromatic carbocycles. The van der Waals surface area contributed by atoms with E-state index in [9.17, 15) is 24.0 Å². The molecule has 19 heterocycles. The molecule has 18 saturated heterocycles. The van der Waals surface area contributed by atoms with Crippen LogP contribution in [-0.4, -0.2) is 436 Å². The molecule has 121 heavy (non-hydrogen) atoms. The van der Waals surface area contributed by atoms with Crippen LogP contribution in [-0.2, 0) is 103 Å². The average Bonchev–Trinajstić information content (AvgIpc) is 1.38. The minimum atomic E-state index is -2.77. The lowest BCUT2D eigenvalue weighted by Crippen LogP contribution is -2.55. The lowest BCUT2D eigenvalue weighted by atomic mass is 9.99. The summed E-state index contributed by atoms with van der Waals surface area (Å²) >= 11 is 6.68. The first-order valence-electron chi connectivity index (χ1n) is 43.4. The number of carbonyl (C=O) groups excluding carboxylic acids is 5. The molecular weight excluding hydrogens is 1730 g/mol. The number of rotatable bonds is 33. The van der Waals surface area contributed by atoms with Crippen LogP contribution in [0.2, 0.25) is 36.3 Å². The summed E-state index contributed by atoms with van der Waals surface area (Å²) in [6.07, 6.45) is 11.8. The number of nitrogens with zero attached hydrogens (tertiary/aromatic N) is 8. The van der Waals surface area contributed by atoms with Crippen LogP contribution in [0.1, 0.15) is 57.8 Å². The van der Waals surface area contributed by atoms with E-state index in [1.807, 2.05) is 11.2 Å². The third kappa shape index (κ3) is 36.8. The van der Waals surface area contributed by atoms with Gasteiger partial charge in [-0.15, -0.1) is 11.8 Å². The molecule has 49 heteroatoms. The molecule has 0 radical (unpaired) electrons. The summed E-state index contributed by atoms with van der Waals surface area (Å²) in [5.41, 5.74) is 0. The van der Waals surface area contributed by atoms with E-state index in [4.69, 9.17) is 111 Å². The maximum atomic E-state index is 12.6. The molecule has 19 rings (SSSR count). The molecule has 692 valence electrons. The number of thioether (sulfide) groups is 1. The van der Waals surface area contributed by atoms with E-state index in [0.29, 0.717) is 207 Å². The Hall–Kier alpha value is -3.66. The van der Waals surface area contributed by atoms with Crippen molar-refractivity contribution in [3.8, 4) is 0 Å². The Morgan fingerprint density at radius 1 is 0.380 bits per heavy atom. The van der Waals surface area contributed by atoms with Gasteiger partial charge in [-0.2, -0.15) is 0 Å². The van der Waals surface area contributed by atoms with Gasteiger partial charge in [0.1, 0.15) is 30.5 Å². The van der Waals surface area contributed by atoms with E-state index >= 15 is 0 Å². The van der Waals surface area contributed by atoms with Crippen molar-refractivity contribution < 1.29 is 127 Å². The summed E-state index contributed by atoms with van der Waals surface area (Å²) in [6, 6.07) is 3.95. The van der Waals surface area contributed by atoms with E-state index < -0.39 is 77.3 Å². The second kappa shape index (κ2) is 55.3. The van der Waals surface area contributed by atoms with Gasteiger partial charge in [-0.1, -0.05) is 12.2 Å². The third-order valence-corrected chi connectivity index (χ3v) is 40.5. The lowest BCUT2D eigenvalue weighted by Gasteiger charge is -2.38. The van der Waals surface area contributed by atoms with Gasteiger partial charge in [0.15, 0.2) is 0 Å². The minimum absolute atomic E-state index is 0.0726. The van der Waals surface area contributed by atoms with Crippen molar-refractivity contribution in [1.82, 2.24) is 65.5 Å². The zero-order chi connectivity index (χ0) is 84.8. The Labute approximate surface area is 728 Å². The second-order valence-electron chi connectivity index (χ2n) is 30.4. The number of aromatic nitrogens is 2. The molecule has 1 aromatic rings. The van der Waals surface area contributed by atoms with Crippen molar-refractivity contribution >= 4 is 112 Å². The molecular formula is C72H135N13O28S2Si6. The number of hydrogen-bond acceptors (Lipinski definition) is 37. The summed E-state index contributed by atoms with van der Waals surface area (Å²) < 4.78 is 136. The molecule has 12 bridgehead atoms. The van der Waals surface area contributed by atoms with Crippen molar-refractivity contribution in [3.05, 3.63) is 18.7 Å². The highest BCUT2D eigenvalue weighted by Crippen LogP contribution is 2.31. The largest absolute Gasteiger partial charge is 0.507 e. The van der Waals surface area contributed by atoms with E-state index in [-0.39, 0.29) is 25.9 Å². The van der Waals surface area contributed by atoms with Crippen molar-refractivity contribution in [3.63, 3.8) is 0 Å². The Morgan fingerprint density at radius 2 is 0.645 bits per heavy atom. The standard InChI is InChI=1S/C37H70N6O15Si3.C13H22N4O4Si.C11H22N2O3S2Si.C11H21NO6Si/c44-35(38-7-1-31-59-50-19-4-34(5-20-51-59)6-21-52-59)47-22-10-41(11-23-48-36(45)39-8-2-32-60-53-25-13-42(14-26-54-60)15-27-55-60)12-24-49-37(46)40-9-3-33-61-56-28-16-43(17-29-57-61)18-30-58-61;18-13(17-4-3-14-12-17)15-2-1-11-22-19-8-5-16(6-9-20-22)7-10-21-22;1-18-11(17)12-3-2-10-19-14-7-4-13(5-8-15-19)6-9-16-19;1-14-11(13)15-6-2-10-19-16-7-3-12(4-8-17-19)5-9-18-19/h34H,1-33H2,(H,38,44)(H,39,45)(H,40,46);3-4,12H,1-2,5-11H2,(H,15,18);2-10H2,1H3,(H,12,17);2-10H2,1H3. The highest BCUT2D eigenvalue weighted by Gasteiger charge is 2.49. The van der Waals surface area contributed by atoms with Gasteiger partial charge in [-0.05, 0) is 70.0 Å². The van der Waals surface area contributed by atoms with Crippen LogP contribution in [0.4, 0.5) is 24.0 Å². The minimum Gasteiger partial charge on any atom is -0.448 e. The van der Waals surface area contributed by atoms with Gasteiger partial charge in [0.05, 0.1) is 113 Å². The highest BCUT2D eigenvalue weighted by atomic mass is 32.2. The van der Waals surface area contributed by atoms with Crippen LogP contribution in [0.3, 0.4) is 0 Å². The highest BCUT2D eigenvalue weighted by molar-refractivity contribution is 8.22. The normalized spacial score (nSPS) is 30.4. The predicted octanol–water partition coefficient (Wildman–Crippen LogP) is 2.63. The Balaban J connectivity index is 0.000000205. The summed E-state index contributed by atoms with van der Waals surface area (Å²) in [5, 5.41) is 14.5. The van der Waals surface area contributed by atoms with Crippen molar-refractivity contribution in [2.45, 2.75) is 94.1 Å². The van der Waals surface area contributed by atoms with Crippen LogP contribution in [0.25, 0.3) is 0 Å². The molecule has 0 aliphatic carbocycles. The predicted molar refractivity (Wildman–Crippen MR) is 456 cm³/mol. The van der Waals surface area contributed by atoms with Crippen LogP contribution in [0, 0.1) is 5.92 Å².